The number of oxazole rings is 1. The van der Waals surface area contributed by atoms with Crippen LogP contribution in [0.25, 0.3) is 22.1 Å². The first-order chi connectivity index (χ1) is 18.3. The minimum Gasteiger partial charge on any atom is -0.424 e. The van der Waals surface area contributed by atoms with E-state index in [1.54, 1.807) is 12.1 Å². The molecule has 2 aromatic carbocycles. The molecular formula is C28H33FN6O3. The monoisotopic (exact) mass is 520 g/mol. The molecule has 3 N–H and O–H groups in total. The van der Waals surface area contributed by atoms with Gasteiger partial charge in [0.15, 0.2) is 23.3 Å². The van der Waals surface area contributed by atoms with Crippen molar-refractivity contribution < 1.29 is 18.4 Å². The predicted molar refractivity (Wildman–Crippen MR) is 143 cm³/mol. The molecule has 10 heteroatoms. The van der Waals surface area contributed by atoms with E-state index in [1.165, 1.54) is 6.07 Å². The van der Waals surface area contributed by atoms with Crippen molar-refractivity contribution in [1.82, 2.24) is 25.2 Å². The van der Waals surface area contributed by atoms with E-state index in [2.05, 4.69) is 32.5 Å². The van der Waals surface area contributed by atoms with Gasteiger partial charge in [0.25, 0.3) is 6.01 Å². The van der Waals surface area contributed by atoms with Crippen LogP contribution in [0.5, 0.6) is 0 Å². The second-order valence-corrected chi connectivity index (χ2v) is 10.1. The van der Waals surface area contributed by atoms with Crippen LogP contribution in [0.4, 0.5) is 15.2 Å². The van der Waals surface area contributed by atoms with Crippen molar-refractivity contribution in [2.24, 2.45) is 0 Å². The van der Waals surface area contributed by atoms with Gasteiger partial charge in [-0.25, -0.2) is 14.2 Å². The van der Waals surface area contributed by atoms with Crippen molar-refractivity contribution in [2.75, 3.05) is 11.9 Å². The molecule has 0 radical (unpaired) electrons. The summed E-state index contributed by atoms with van der Waals surface area (Å²) in [5.74, 6) is -0.535. The van der Waals surface area contributed by atoms with Gasteiger partial charge in [0.2, 0.25) is 0 Å². The number of anilines is 1. The van der Waals surface area contributed by atoms with Crippen LogP contribution >= 0.6 is 0 Å². The second-order valence-electron chi connectivity index (χ2n) is 10.1. The normalized spacial score (nSPS) is 17.5. The van der Waals surface area contributed by atoms with Gasteiger partial charge in [-0.1, -0.05) is 26.0 Å². The highest BCUT2D eigenvalue weighted by Crippen LogP contribution is 2.25. The summed E-state index contributed by atoms with van der Waals surface area (Å²) in [7, 11) is 0. The Labute approximate surface area is 220 Å². The number of H-pyrrole nitrogens is 1. The van der Waals surface area contributed by atoms with Gasteiger partial charge in [0.1, 0.15) is 16.9 Å². The Morgan fingerprint density at radius 1 is 1.24 bits per heavy atom. The van der Waals surface area contributed by atoms with Crippen LogP contribution in [0.2, 0.25) is 0 Å². The first-order valence-corrected chi connectivity index (χ1v) is 13.2. The molecule has 0 unspecified atom stereocenters. The van der Waals surface area contributed by atoms with Crippen molar-refractivity contribution in [2.45, 2.75) is 71.0 Å². The highest BCUT2D eigenvalue weighted by molar-refractivity contribution is 5.91. The maximum atomic E-state index is 14.2. The summed E-state index contributed by atoms with van der Waals surface area (Å²) >= 11 is 0. The smallest absolute Gasteiger partial charge is 0.319 e. The standard InChI is InChI=1S/C28H33FN6O3/c1-4-18-8-5-6-13-35(18)28(37)34-26(33-27-31-20-12-11-16(2)14-23(20)38-27)22(36)15-17(3)25-30-21-10-7-9-19(29)24(21)32-25/h7,9-12,14,17-18,26H,4-6,8,13,15H2,1-3H3,(H,30,32)(H,31,33)(H,34,37)/t17-,18+,26+/m1/s1. The van der Waals surface area contributed by atoms with Crippen molar-refractivity contribution in [3.05, 3.63) is 53.6 Å². The number of aromatic amines is 1. The number of aromatic nitrogens is 3. The van der Waals surface area contributed by atoms with Gasteiger partial charge >= 0.3 is 6.03 Å². The topological polar surface area (TPSA) is 116 Å². The number of rotatable bonds is 8. The number of hydrogen-bond donors (Lipinski definition) is 3. The summed E-state index contributed by atoms with van der Waals surface area (Å²) < 4.78 is 20.0. The maximum Gasteiger partial charge on any atom is 0.319 e. The van der Waals surface area contributed by atoms with Crippen molar-refractivity contribution in [3.63, 3.8) is 0 Å². The van der Waals surface area contributed by atoms with Crippen molar-refractivity contribution >= 4 is 40.0 Å². The lowest BCUT2D eigenvalue weighted by molar-refractivity contribution is -0.120. The fourth-order valence-electron chi connectivity index (χ4n) is 5.08. The number of halogens is 1. The number of likely N-dealkylation sites (tertiary alicyclic amines) is 1. The number of ketones is 1. The lowest BCUT2D eigenvalue weighted by Gasteiger charge is -2.36. The fourth-order valence-corrected chi connectivity index (χ4v) is 5.08. The molecule has 1 aliphatic rings. The molecule has 0 spiro atoms. The maximum absolute atomic E-state index is 14.2. The molecule has 4 aromatic rings. The third-order valence-corrected chi connectivity index (χ3v) is 7.22. The van der Waals surface area contributed by atoms with Crippen LogP contribution < -0.4 is 10.6 Å². The number of carbonyl (C=O) groups excluding carboxylic acids is 2. The van der Waals surface area contributed by atoms with E-state index in [4.69, 9.17) is 4.42 Å². The largest absolute Gasteiger partial charge is 0.424 e. The molecule has 3 atom stereocenters. The third kappa shape index (κ3) is 5.34. The Balaban J connectivity index is 1.37. The quantitative estimate of drug-likeness (QED) is 0.260. The van der Waals surface area contributed by atoms with E-state index < -0.39 is 12.0 Å². The summed E-state index contributed by atoms with van der Waals surface area (Å²) in [4.78, 5) is 40.6. The number of benzene rings is 2. The molecule has 38 heavy (non-hydrogen) atoms. The zero-order chi connectivity index (χ0) is 26.8. The number of nitrogens with zero attached hydrogens (tertiary/aromatic N) is 3. The van der Waals surface area contributed by atoms with Crippen LogP contribution in [0, 0.1) is 12.7 Å². The molecule has 9 nitrogen and oxygen atoms in total. The molecule has 0 saturated carbocycles. The van der Waals surface area contributed by atoms with Gasteiger partial charge in [0, 0.05) is 24.9 Å². The first kappa shape index (κ1) is 25.7. The van der Waals surface area contributed by atoms with Gasteiger partial charge in [0.05, 0.1) is 5.52 Å². The van der Waals surface area contributed by atoms with Crippen molar-refractivity contribution in [1.29, 1.82) is 0 Å². The first-order valence-electron chi connectivity index (χ1n) is 13.2. The number of fused-ring (bicyclic) bond motifs is 2. The number of piperidine rings is 1. The SMILES string of the molecule is CC[C@H]1CCCCN1C(=O)N[C@H](Nc1nc2ccc(C)cc2o1)C(=O)C[C@@H](C)c1nc2c(F)cccc2[nH]1. The molecule has 1 fully saturated rings. The minimum atomic E-state index is -1.07. The number of amides is 2. The van der Waals surface area contributed by atoms with Crippen LogP contribution in [-0.2, 0) is 4.79 Å². The average Bonchev–Trinajstić information content (AvgIpc) is 3.52. The van der Waals surface area contributed by atoms with Crippen LogP contribution in [0.3, 0.4) is 0 Å². The molecule has 1 aliphatic heterocycles. The number of aryl methyl sites for hydroxylation is 1. The Kier molecular flexibility index (Phi) is 7.31. The Hall–Kier alpha value is -3.95. The van der Waals surface area contributed by atoms with Crippen molar-refractivity contribution in [3.8, 4) is 0 Å². The highest BCUT2D eigenvalue weighted by Gasteiger charge is 2.31. The molecule has 0 bridgehead atoms. The molecule has 2 amide bonds. The van der Waals surface area contributed by atoms with Gasteiger partial charge in [-0.3, -0.25) is 4.79 Å². The third-order valence-electron chi connectivity index (χ3n) is 7.22. The van der Waals surface area contributed by atoms with E-state index in [-0.39, 0.29) is 41.7 Å². The minimum absolute atomic E-state index is 0.0515. The Bertz CT molecular complexity index is 1460. The molecule has 200 valence electrons. The zero-order valence-corrected chi connectivity index (χ0v) is 21.9. The number of Topliss-reactive ketones (excluding diaryl/α,β-unsaturated/α-hetero) is 1. The number of para-hydroxylation sites is 1. The molecule has 0 aliphatic carbocycles. The van der Waals surface area contributed by atoms with Gasteiger partial charge in [-0.2, -0.15) is 4.98 Å². The number of nitrogens with one attached hydrogen (secondary N) is 3. The predicted octanol–water partition coefficient (Wildman–Crippen LogP) is 5.63. The van der Waals surface area contributed by atoms with E-state index >= 15 is 0 Å². The highest BCUT2D eigenvalue weighted by atomic mass is 19.1. The lowest BCUT2D eigenvalue weighted by Crippen LogP contribution is -2.55. The number of hydrogen-bond acceptors (Lipinski definition) is 6. The van der Waals surface area contributed by atoms with Crippen LogP contribution in [-0.4, -0.2) is 50.4 Å². The molecule has 2 aromatic heterocycles. The fraction of sp³-hybridized carbons (Fsp3) is 0.429. The summed E-state index contributed by atoms with van der Waals surface area (Å²) in [6, 6.07) is 10.3. The van der Waals surface area contributed by atoms with E-state index in [0.29, 0.717) is 29.0 Å². The number of imidazole rings is 1. The van der Waals surface area contributed by atoms with Crippen LogP contribution in [0.15, 0.2) is 40.8 Å². The van der Waals surface area contributed by atoms with Crippen LogP contribution in [0.1, 0.15) is 63.3 Å². The molecule has 1 saturated heterocycles. The van der Waals surface area contributed by atoms with E-state index in [1.807, 2.05) is 36.9 Å². The summed E-state index contributed by atoms with van der Waals surface area (Å²) in [6.45, 7) is 6.51. The molecular weight excluding hydrogens is 487 g/mol. The Morgan fingerprint density at radius 3 is 2.87 bits per heavy atom. The zero-order valence-electron chi connectivity index (χ0n) is 21.9. The summed E-state index contributed by atoms with van der Waals surface area (Å²) in [5, 5.41) is 5.89. The van der Waals surface area contributed by atoms with Gasteiger partial charge in [-0.15, -0.1) is 0 Å². The lowest BCUT2D eigenvalue weighted by atomic mass is 10.0. The number of carbonyl (C=O) groups is 2. The molecule has 3 heterocycles. The van der Waals surface area contributed by atoms with E-state index in [9.17, 15) is 14.0 Å². The van der Waals surface area contributed by atoms with Gasteiger partial charge in [-0.05, 0) is 62.4 Å². The Morgan fingerprint density at radius 2 is 2.08 bits per heavy atom. The second kappa shape index (κ2) is 10.8. The average molecular weight is 521 g/mol. The summed E-state index contributed by atoms with van der Waals surface area (Å²) in [5.41, 5.74) is 3.06. The number of urea groups is 1. The van der Waals surface area contributed by atoms with Gasteiger partial charge < -0.3 is 24.9 Å². The van der Waals surface area contributed by atoms with E-state index in [0.717, 1.165) is 31.2 Å². The molecule has 5 rings (SSSR count). The summed E-state index contributed by atoms with van der Waals surface area (Å²) in [6.07, 6.45) is 2.79.